The minimum Gasteiger partial charge on any atom is -0.482 e. The van der Waals surface area contributed by atoms with Crippen LogP contribution in [-0.4, -0.2) is 52.4 Å². The second kappa shape index (κ2) is 6.55. The summed E-state index contributed by atoms with van der Waals surface area (Å²) < 4.78 is 32.4. The topological polar surface area (TPSA) is 105 Å². The van der Waals surface area contributed by atoms with Crippen LogP contribution < -0.4 is 14.8 Å². The van der Waals surface area contributed by atoms with Gasteiger partial charge in [0, 0.05) is 33.1 Å². The van der Waals surface area contributed by atoms with Crippen LogP contribution in [0.15, 0.2) is 17.0 Å². The molecule has 126 valence electrons. The van der Waals surface area contributed by atoms with E-state index in [-0.39, 0.29) is 36.3 Å². The van der Waals surface area contributed by atoms with Gasteiger partial charge in [0.05, 0.1) is 10.6 Å². The fourth-order valence-electron chi connectivity index (χ4n) is 2.10. The van der Waals surface area contributed by atoms with Crippen molar-refractivity contribution in [2.24, 2.45) is 0 Å². The molecule has 0 spiro atoms. The molecule has 0 aliphatic carbocycles. The molecule has 0 fully saturated rings. The highest BCUT2D eigenvalue weighted by Crippen LogP contribution is 2.32. The van der Waals surface area contributed by atoms with Crippen molar-refractivity contribution >= 4 is 27.5 Å². The van der Waals surface area contributed by atoms with E-state index in [0.29, 0.717) is 17.0 Å². The van der Waals surface area contributed by atoms with Crippen molar-refractivity contribution in [1.82, 2.24) is 9.62 Å². The van der Waals surface area contributed by atoms with Crippen molar-refractivity contribution < 1.29 is 22.7 Å². The molecule has 23 heavy (non-hydrogen) atoms. The number of benzene rings is 1. The second-order valence-corrected chi connectivity index (χ2v) is 7.12. The fourth-order valence-corrected chi connectivity index (χ4v) is 3.37. The molecular formula is C14H19N3O5S. The van der Waals surface area contributed by atoms with Gasteiger partial charge in [0.15, 0.2) is 6.61 Å². The first-order valence-electron chi connectivity index (χ1n) is 6.98. The summed E-state index contributed by atoms with van der Waals surface area (Å²) in [5, 5.41) is 2.62. The van der Waals surface area contributed by atoms with E-state index in [1.165, 1.54) is 11.0 Å². The second-order valence-electron chi connectivity index (χ2n) is 5.39. The number of carbonyl (C=O) groups is 2. The molecule has 0 saturated carbocycles. The molecule has 1 aliphatic rings. The normalized spacial score (nSPS) is 13.8. The van der Waals surface area contributed by atoms with Gasteiger partial charge in [-0.1, -0.05) is 0 Å². The highest BCUT2D eigenvalue weighted by Gasteiger charge is 2.23. The molecule has 0 radical (unpaired) electrons. The number of amides is 2. The zero-order valence-electron chi connectivity index (χ0n) is 13.2. The molecule has 1 heterocycles. The monoisotopic (exact) mass is 341 g/mol. The summed E-state index contributed by atoms with van der Waals surface area (Å²) in [6.45, 7) is 1.48. The van der Waals surface area contributed by atoms with E-state index in [2.05, 4.69) is 10.0 Å². The van der Waals surface area contributed by atoms with Crippen LogP contribution in [-0.2, 0) is 19.6 Å². The maximum Gasteiger partial charge on any atom is 0.262 e. The van der Waals surface area contributed by atoms with E-state index in [1.54, 1.807) is 27.1 Å². The Hall–Kier alpha value is -2.13. The molecule has 0 bridgehead atoms. The number of anilines is 1. The predicted octanol–water partition coefficient (Wildman–Crippen LogP) is 0.0825. The summed E-state index contributed by atoms with van der Waals surface area (Å²) in [5.74, 6) is -0.145. The van der Waals surface area contributed by atoms with E-state index < -0.39 is 10.0 Å². The van der Waals surface area contributed by atoms with Gasteiger partial charge < -0.3 is 15.0 Å². The maximum absolute atomic E-state index is 12.4. The molecule has 2 rings (SSSR count). The molecule has 2 N–H and O–H groups in total. The molecule has 2 amide bonds. The Labute approximate surface area is 134 Å². The molecular weight excluding hydrogens is 322 g/mol. The van der Waals surface area contributed by atoms with Gasteiger partial charge in [-0.05, 0) is 18.6 Å². The number of carbonyl (C=O) groups excluding carboxylic acids is 2. The number of nitrogens with one attached hydrogen (secondary N) is 2. The third-order valence-corrected chi connectivity index (χ3v) is 4.93. The van der Waals surface area contributed by atoms with Crippen LogP contribution in [0.3, 0.4) is 0 Å². The van der Waals surface area contributed by atoms with Crippen LogP contribution in [0.5, 0.6) is 5.75 Å². The lowest BCUT2D eigenvalue weighted by Gasteiger charge is -2.20. The minimum absolute atomic E-state index is 0.00741. The van der Waals surface area contributed by atoms with Crippen LogP contribution in [0.1, 0.15) is 12.0 Å². The van der Waals surface area contributed by atoms with Crippen molar-refractivity contribution in [3.8, 4) is 5.75 Å². The van der Waals surface area contributed by atoms with Crippen LogP contribution in [0.2, 0.25) is 0 Å². The maximum atomic E-state index is 12.4. The first-order chi connectivity index (χ1) is 10.7. The largest absolute Gasteiger partial charge is 0.482 e. The van der Waals surface area contributed by atoms with Gasteiger partial charge in [0.25, 0.3) is 5.91 Å². The molecule has 0 saturated heterocycles. The summed E-state index contributed by atoms with van der Waals surface area (Å²) >= 11 is 0. The predicted molar refractivity (Wildman–Crippen MR) is 83.8 cm³/mol. The standard InChI is InChI=1S/C14H19N3O5S/c1-9-6-10-11(22-8-13(18)16-10)7-12(9)23(20,21)15-5-4-14(19)17(2)3/h6-7,15H,4-5,8H2,1-3H3,(H,16,18). The van der Waals surface area contributed by atoms with E-state index >= 15 is 0 Å². The smallest absolute Gasteiger partial charge is 0.262 e. The van der Waals surface area contributed by atoms with Gasteiger partial charge in [0.1, 0.15) is 5.75 Å². The molecule has 1 aliphatic heterocycles. The Morgan fingerprint density at radius 2 is 2.09 bits per heavy atom. The van der Waals surface area contributed by atoms with Crippen molar-refractivity contribution in [2.75, 3.05) is 32.6 Å². The van der Waals surface area contributed by atoms with Gasteiger partial charge in [-0.2, -0.15) is 0 Å². The van der Waals surface area contributed by atoms with E-state index in [4.69, 9.17) is 4.74 Å². The van der Waals surface area contributed by atoms with Gasteiger partial charge >= 0.3 is 0 Å². The lowest BCUT2D eigenvalue weighted by atomic mass is 10.2. The average Bonchev–Trinajstić information content (AvgIpc) is 2.45. The zero-order valence-corrected chi connectivity index (χ0v) is 14.0. The van der Waals surface area contributed by atoms with Crippen molar-refractivity contribution in [3.63, 3.8) is 0 Å². The van der Waals surface area contributed by atoms with Crippen LogP contribution in [0.4, 0.5) is 5.69 Å². The molecule has 0 atom stereocenters. The number of sulfonamides is 1. The summed E-state index contributed by atoms with van der Waals surface area (Å²) in [6, 6.07) is 2.92. The first-order valence-corrected chi connectivity index (χ1v) is 8.46. The van der Waals surface area contributed by atoms with E-state index in [9.17, 15) is 18.0 Å². The van der Waals surface area contributed by atoms with Gasteiger partial charge in [-0.25, -0.2) is 13.1 Å². The average molecular weight is 341 g/mol. The third kappa shape index (κ3) is 3.99. The highest BCUT2D eigenvalue weighted by molar-refractivity contribution is 7.89. The SMILES string of the molecule is Cc1cc2c(cc1S(=O)(=O)NCCC(=O)N(C)C)OCC(=O)N2. The quantitative estimate of drug-likeness (QED) is 0.789. The van der Waals surface area contributed by atoms with E-state index in [0.717, 1.165) is 0 Å². The zero-order chi connectivity index (χ0) is 17.2. The third-order valence-electron chi connectivity index (χ3n) is 3.33. The van der Waals surface area contributed by atoms with Crippen molar-refractivity contribution in [1.29, 1.82) is 0 Å². The Morgan fingerprint density at radius 1 is 1.39 bits per heavy atom. The summed E-state index contributed by atoms with van der Waals surface area (Å²) in [4.78, 5) is 24.2. The number of nitrogens with zero attached hydrogens (tertiary/aromatic N) is 1. The minimum atomic E-state index is -3.77. The van der Waals surface area contributed by atoms with E-state index in [1.807, 2.05) is 0 Å². The highest BCUT2D eigenvalue weighted by atomic mass is 32.2. The molecule has 0 aromatic heterocycles. The van der Waals surface area contributed by atoms with Gasteiger partial charge in [0.2, 0.25) is 15.9 Å². The van der Waals surface area contributed by atoms with Crippen LogP contribution >= 0.6 is 0 Å². The summed E-state index contributed by atoms with van der Waals surface area (Å²) in [7, 11) is -0.558. The number of rotatable bonds is 5. The Balaban J connectivity index is 2.17. The molecule has 1 aromatic carbocycles. The molecule has 8 nitrogen and oxygen atoms in total. The number of fused-ring (bicyclic) bond motifs is 1. The number of aryl methyl sites for hydroxylation is 1. The van der Waals surface area contributed by atoms with Crippen molar-refractivity contribution in [3.05, 3.63) is 17.7 Å². The summed E-state index contributed by atoms with van der Waals surface area (Å²) in [6.07, 6.45) is 0.0722. The van der Waals surface area contributed by atoms with Gasteiger partial charge in [-0.15, -0.1) is 0 Å². The lowest BCUT2D eigenvalue weighted by Crippen LogP contribution is -2.31. The Bertz CT molecular complexity index is 743. The first kappa shape index (κ1) is 17.2. The Morgan fingerprint density at radius 3 is 2.74 bits per heavy atom. The number of hydrogen-bond acceptors (Lipinski definition) is 5. The molecule has 1 aromatic rings. The molecule has 0 unspecified atom stereocenters. The van der Waals surface area contributed by atoms with Crippen molar-refractivity contribution in [2.45, 2.75) is 18.2 Å². The van der Waals surface area contributed by atoms with Crippen LogP contribution in [0, 0.1) is 6.92 Å². The van der Waals surface area contributed by atoms with Crippen LogP contribution in [0.25, 0.3) is 0 Å². The van der Waals surface area contributed by atoms with Gasteiger partial charge in [-0.3, -0.25) is 9.59 Å². The summed E-state index contributed by atoms with van der Waals surface area (Å²) in [5.41, 5.74) is 0.918. The fraction of sp³-hybridized carbons (Fsp3) is 0.429. The number of hydrogen-bond donors (Lipinski definition) is 2. The Kier molecular flexibility index (Phi) is 4.90. The molecule has 9 heteroatoms. The lowest BCUT2D eigenvalue weighted by molar-refractivity contribution is -0.128. The number of ether oxygens (including phenoxy) is 1.